The van der Waals surface area contributed by atoms with E-state index in [-0.39, 0.29) is 5.75 Å². The van der Waals surface area contributed by atoms with E-state index in [1.54, 1.807) is 14.2 Å². The van der Waals surface area contributed by atoms with Crippen molar-refractivity contribution >= 4 is 15.7 Å². The molecule has 0 bridgehead atoms. The zero-order valence-electron chi connectivity index (χ0n) is 11.2. The van der Waals surface area contributed by atoms with E-state index in [4.69, 9.17) is 14.6 Å². The minimum atomic E-state index is -3.37. The fraction of sp³-hybridized carbons (Fsp3) is 0.500. The summed E-state index contributed by atoms with van der Waals surface area (Å²) in [6.45, 7) is 0.638. The Kier molecular flexibility index (Phi) is 5.91. The second-order valence-electron chi connectivity index (χ2n) is 4.07. The van der Waals surface area contributed by atoms with Crippen molar-refractivity contribution in [2.24, 2.45) is 5.14 Å². The number of anilines is 1. The Hall–Kier alpha value is -1.47. The quantitative estimate of drug-likeness (QED) is 0.701. The van der Waals surface area contributed by atoms with Crippen LogP contribution >= 0.6 is 0 Å². The van der Waals surface area contributed by atoms with Crippen molar-refractivity contribution in [3.05, 3.63) is 18.2 Å². The third-order valence-corrected chi connectivity index (χ3v) is 3.44. The predicted octanol–water partition coefficient (Wildman–Crippen LogP) is 1.18. The van der Waals surface area contributed by atoms with Gasteiger partial charge in [-0.1, -0.05) is 0 Å². The van der Waals surface area contributed by atoms with E-state index in [0.29, 0.717) is 25.1 Å². The van der Waals surface area contributed by atoms with Gasteiger partial charge in [-0.05, 0) is 25.0 Å². The molecule has 0 heterocycles. The average molecular weight is 288 g/mol. The summed E-state index contributed by atoms with van der Waals surface area (Å²) >= 11 is 0. The summed E-state index contributed by atoms with van der Waals surface area (Å²) < 4.78 is 31.9. The highest BCUT2D eigenvalue weighted by molar-refractivity contribution is 7.89. The van der Waals surface area contributed by atoms with Crippen LogP contribution in [0.2, 0.25) is 0 Å². The molecular weight excluding hydrogens is 268 g/mol. The van der Waals surface area contributed by atoms with Crippen molar-refractivity contribution in [3.8, 4) is 11.5 Å². The van der Waals surface area contributed by atoms with Gasteiger partial charge in [0.05, 0.1) is 25.7 Å². The van der Waals surface area contributed by atoms with Crippen LogP contribution in [-0.4, -0.2) is 34.9 Å². The van der Waals surface area contributed by atoms with E-state index in [9.17, 15) is 8.42 Å². The van der Waals surface area contributed by atoms with Gasteiger partial charge in [0.2, 0.25) is 10.0 Å². The zero-order chi connectivity index (χ0) is 14.3. The lowest BCUT2D eigenvalue weighted by Gasteiger charge is -2.12. The lowest BCUT2D eigenvalue weighted by molar-refractivity contribution is 0.404. The minimum Gasteiger partial charge on any atom is -0.497 e. The molecule has 0 aliphatic rings. The third kappa shape index (κ3) is 5.80. The van der Waals surface area contributed by atoms with Crippen molar-refractivity contribution < 1.29 is 17.9 Å². The van der Waals surface area contributed by atoms with Crippen molar-refractivity contribution in [3.63, 3.8) is 0 Å². The van der Waals surface area contributed by atoms with Crippen LogP contribution in [0.3, 0.4) is 0 Å². The highest BCUT2D eigenvalue weighted by Gasteiger charge is 2.05. The molecule has 0 amide bonds. The van der Waals surface area contributed by atoms with E-state index < -0.39 is 10.0 Å². The molecule has 1 rings (SSSR count). The Bertz CT molecular complexity index is 502. The summed E-state index contributed by atoms with van der Waals surface area (Å²) in [4.78, 5) is 0. The minimum absolute atomic E-state index is 0.00389. The molecule has 0 radical (unpaired) electrons. The van der Waals surface area contributed by atoms with Crippen molar-refractivity contribution in [1.29, 1.82) is 0 Å². The molecule has 0 aromatic heterocycles. The standard InChI is InChI=1S/C12H20N2O4S/c1-17-10-5-6-12(18-2)11(9-10)14-7-3-4-8-19(13,15)16/h5-6,9,14H,3-4,7-8H2,1-2H3,(H2,13,15,16). The summed E-state index contributed by atoms with van der Waals surface area (Å²) in [5, 5.41) is 8.11. The average Bonchev–Trinajstić information content (AvgIpc) is 2.36. The number of primary sulfonamides is 1. The number of nitrogens with one attached hydrogen (secondary N) is 1. The maximum atomic E-state index is 10.8. The molecule has 0 aliphatic heterocycles. The summed E-state index contributed by atoms with van der Waals surface area (Å²) in [5.41, 5.74) is 0.817. The Morgan fingerprint density at radius 1 is 1.21 bits per heavy atom. The second kappa shape index (κ2) is 7.20. The van der Waals surface area contributed by atoms with Gasteiger partial charge in [-0.25, -0.2) is 13.6 Å². The summed E-state index contributed by atoms with van der Waals surface area (Å²) in [6.07, 6.45) is 1.23. The number of hydrogen-bond donors (Lipinski definition) is 2. The first-order chi connectivity index (χ1) is 8.96. The topological polar surface area (TPSA) is 90.7 Å². The largest absolute Gasteiger partial charge is 0.497 e. The summed E-state index contributed by atoms with van der Waals surface area (Å²) in [7, 11) is -0.179. The molecule has 0 atom stereocenters. The number of hydrogen-bond acceptors (Lipinski definition) is 5. The Morgan fingerprint density at radius 3 is 2.53 bits per heavy atom. The van der Waals surface area contributed by atoms with Gasteiger partial charge < -0.3 is 14.8 Å². The van der Waals surface area contributed by atoms with Crippen LogP contribution in [0.25, 0.3) is 0 Å². The third-order valence-electron chi connectivity index (χ3n) is 2.58. The lowest BCUT2D eigenvalue weighted by Crippen LogP contribution is -2.17. The molecule has 0 saturated heterocycles. The molecule has 0 saturated carbocycles. The molecule has 3 N–H and O–H groups in total. The number of benzene rings is 1. The van der Waals surface area contributed by atoms with Gasteiger partial charge in [0.15, 0.2) is 0 Å². The highest BCUT2D eigenvalue weighted by atomic mass is 32.2. The van der Waals surface area contributed by atoms with Gasteiger partial charge in [-0.3, -0.25) is 0 Å². The molecule has 19 heavy (non-hydrogen) atoms. The van der Waals surface area contributed by atoms with Gasteiger partial charge in [0.1, 0.15) is 11.5 Å². The van der Waals surface area contributed by atoms with Crippen LogP contribution in [-0.2, 0) is 10.0 Å². The smallest absolute Gasteiger partial charge is 0.209 e. The van der Waals surface area contributed by atoms with Gasteiger partial charge in [0, 0.05) is 12.6 Å². The van der Waals surface area contributed by atoms with Crippen LogP contribution in [0.5, 0.6) is 11.5 Å². The van der Waals surface area contributed by atoms with Gasteiger partial charge in [-0.15, -0.1) is 0 Å². The number of methoxy groups -OCH3 is 2. The predicted molar refractivity (Wildman–Crippen MR) is 75.2 cm³/mol. The molecule has 0 aliphatic carbocycles. The lowest BCUT2D eigenvalue weighted by atomic mass is 10.2. The summed E-state index contributed by atoms with van der Waals surface area (Å²) in [6, 6.07) is 5.45. The van der Waals surface area contributed by atoms with Gasteiger partial charge in [0.25, 0.3) is 0 Å². The number of ether oxygens (including phenoxy) is 2. The van der Waals surface area contributed by atoms with Crippen molar-refractivity contribution in [2.75, 3.05) is 31.8 Å². The van der Waals surface area contributed by atoms with Crippen LogP contribution < -0.4 is 19.9 Å². The second-order valence-corrected chi connectivity index (χ2v) is 5.80. The SMILES string of the molecule is COc1ccc(OC)c(NCCCCS(N)(=O)=O)c1. The maximum absolute atomic E-state index is 10.8. The first kappa shape index (κ1) is 15.6. The molecule has 6 nitrogen and oxygen atoms in total. The van der Waals surface area contributed by atoms with Crippen molar-refractivity contribution in [1.82, 2.24) is 0 Å². The normalized spacial score (nSPS) is 11.1. The van der Waals surface area contributed by atoms with E-state index in [2.05, 4.69) is 5.32 Å². The zero-order valence-corrected chi connectivity index (χ0v) is 12.0. The number of rotatable bonds is 8. The highest BCUT2D eigenvalue weighted by Crippen LogP contribution is 2.28. The van der Waals surface area contributed by atoms with Crippen LogP contribution in [0, 0.1) is 0 Å². The first-order valence-corrected chi connectivity index (χ1v) is 7.64. The molecule has 0 unspecified atom stereocenters. The van der Waals surface area contributed by atoms with Crippen LogP contribution in [0.1, 0.15) is 12.8 Å². The van der Waals surface area contributed by atoms with E-state index in [1.165, 1.54) is 0 Å². The van der Waals surface area contributed by atoms with Gasteiger partial charge in [-0.2, -0.15) is 0 Å². The van der Waals surface area contributed by atoms with Gasteiger partial charge >= 0.3 is 0 Å². The number of unbranched alkanes of at least 4 members (excludes halogenated alkanes) is 1. The fourth-order valence-corrected chi connectivity index (χ4v) is 2.21. The fourth-order valence-electron chi connectivity index (χ4n) is 1.60. The van der Waals surface area contributed by atoms with E-state index in [0.717, 1.165) is 11.4 Å². The first-order valence-electron chi connectivity index (χ1n) is 5.92. The monoisotopic (exact) mass is 288 g/mol. The Balaban J connectivity index is 2.48. The Labute approximate surface area is 113 Å². The maximum Gasteiger partial charge on any atom is 0.209 e. The molecule has 108 valence electrons. The molecule has 0 fully saturated rings. The van der Waals surface area contributed by atoms with E-state index in [1.807, 2.05) is 18.2 Å². The van der Waals surface area contributed by atoms with E-state index >= 15 is 0 Å². The Morgan fingerprint density at radius 2 is 1.95 bits per heavy atom. The van der Waals surface area contributed by atoms with Crippen molar-refractivity contribution in [2.45, 2.75) is 12.8 Å². The number of sulfonamides is 1. The molecule has 7 heteroatoms. The molecule has 0 spiro atoms. The molecular formula is C12H20N2O4S. The molecule has 1 aromatic carbocycles. The van der Waals surface area contributed by atoms with Crippen LogP contribution in [0.4, 0.5) is 5.69 Å². The summed E-state index contributed by atoms with van der Waals surface area (Å²) in [5.74, 6) is 1.45. The molecule has 1 aromatic rings. The number of nitrogens with two attached hydrogens (primary N) is 1. The van der Waals surface area contributed by atoms with Crippen LogP contribution in [0.15, 0.2) is 18.2 Å².